The summed E-state index contributed by atoms with van der Waals surface area (Å²) in [4.78, 5) is 0. The molecule has 1 aliphatic rings. The van der Waals surface area contributed by atoms with Crippen molar-refractivity contribution in [2.45, 2.75) is 57.5 Å². The molecule has 0 radical (unpaired) electrons. The summed E-state index contributed by atoms with van der Waals surface area (Å²) in [5.41, 5.74) is 1.99. The molecule has 0 aromatic heterocycles. The summed E-state index contributed by atoms with van der Waals surface area (Å²) >= 11 is 0. The van der Waals surface area contributed by atoms with Crippen LogP contribution in [0.4, 0.5) is 0 Å². The molecule has 1 saturated carbocycles. The molecule has 4 nitrogen and oxygen atoms in total. The normalized spacial score (nSPS) is 17.1. The highest BCUT2D eigenvalue weighted by molar-refractivity contribution is 7.88. The van der Waals surface area contributed by atoms with Crippen LogP contribution in [-0.4, -0.2) is 20.5 Å². The highest BCUT2D eigenvalue weighted by Gasteiger charge is 2.20. The van der Waals surface area contributed by atoms with Crippen LogP contribution in [0, 0.1) is 0 Å². The Labute approximate surface area is 122 Å². The van der Waals surface area contributed by atoms with E-state index in [1.807, 2.05) is 38.1 Å². The van der Waals surface area contributed by atoms with Gasteiger partial charge in [-0.3, -0.25) is 0 Å². The van der Waals surface area contributed by atoms with E-state index < -0.39 is 10.0 Å². The zero-order valence-corrected chi connectivity index (χ0v) is 13.0. The molecule has 2 N–H and O–H groups in total. The minimum absolute atomic E-state index is 0.0142. The van der Waals surface area contributed by atoms with Crippen molar-refractivity contribution in [3.8, 4) is 0 Å². The second-order valence-corrected chi connectivity index (χ2v) is 7.42. The minimum atomic E-state index is -3.25. The van der Waals surface area contributed by atoms with E-state index in [1.165, 1.54) is 12.8 Å². The second-order valence-electron chi connectivity index (χ2n) is 5.66. The highest BCUT2D eigenvalue weighted by atomic mass is 32.2. The van der Waals surface area contributed by atoms with Crippen molar-refractivity contribution in [1.29, 1.82) is 0 Å². The van der Waals surface area contributed by atoms with Crippen LogP contribution in [0.15, 0.2) is 24.3 Å². The average Bonchev–Trinajstić information content (AvgIpc) is 3.19. The standard InChI is InChI=1S/C15H24N2O2S/c1-3-12(2)17-20(18,19)11-14-6-4-5-13(9-14)10-16-15-7-8-15/h4-6,9,12,15-17H,3,7-8,10-11H2,1-2H3. The Kier molecular flexibility index (Phi) is 5.18. The fourth-order valence-electron chi connectivity index (χ4n) is 2.03. The maximum absolute atomic E-state index is 12.0. The molecule has 0 heterocycles. The Balaban J connectivity index is 1.95. The maximum atomic E-state index is 12.0. The van der Waals surface area contributed by atoms with Gasteiger partial charge in [-0.1, -0.05) is 31.2 Å². The summed E-state index contributed by atoms with van der Waals surface area (Å²) < 4.78 is 26.8. The molecule has 0 aliphatic heterocycles. The highest BCUT2D eigenvalue weighted by Crippen LogP contribution is 2.19. The zero-order chi connectivity index (χ0) is 14.6. The van der Waals surface area contributed by atoms with E-state index in [1.54, 1.807) is 0 Å². The molecule has 1 aromatic carbocycles. The second kappa shape index (κ2) is 6.70. The van der Waals surface area contributed by atoms with E-state index >= 15 is 0 Å². The molecule has 1 atom stereocenters. The Morgan fingerprint density at radius 2 is 2.00 bits per heavy atom. The average molecular weight is 296 g/mol. The molecule has 1 unspecified atom stereocenters. The van der Waals surface area contributed by atoms with Crippen molar-refractivity contribution in [2.75, 3.05) is 0 Å². The lowest BCUT2D eigenvalue weighted by Crippen LogP contribution is -2.33. The van der Waals surface area contributed by atoms with E-state index in [0.717, 1.165) is 24.1 Å². The van der Waals surface area contributed by atoms with Gasteiger partial charge in [0.25, 0.3) is 0 Å². The zero-order valence-electron chi connectivity index (χ0n) is 12.2. The lowest BCUT2D eigenvalue weighted by atomic mass is 10.1. The third-order valence-corrected chi connectivity index (χ3v) is 4.99. The number of hydrogen-bond acceptors (Lipinski definition) is 3. The predicted octanol–water partition coefficient (Wildman–Crippen LogP) is 2.16. The Morgan fingerprint density at radius 3 is 2.65 bits per heavy atom. The van der Waals surface area contributed by atoms with Gasteiger partial charge >= 0.3 is 0 Å². The first-order valence-electron chi connectivity index (χ1n) is 7.29. The summed E-state index contributed by atoms with van der Waals surface area (Å²) in [6.07, 6.45) is 3.31. The van der Waals surface area contributed by atoms with Crippen molar-refractivity contribution in [2.24, 2.45) is 0 Å². The minimum Gasteiger partial charge on any atom is -0.310 e. The van der Waals surface area contributed by atoms with E-state index in [0.29, 0.717) is 6.04 Å². The van der Waals surface area contributed by atoms with Gasteiger partial charge in [0, 0.05) is 18.6 Å². The van der Waals surface area contributed by atoms with Crippen LogP contribution in [-0.2, 0) is 22.3 Å². The first kappa shape index (κ1) is 15.5. The van der Waals surface area contributed by atoms with E-state index in [9.17, 15) is 8.42 Å². The number of nitrogens with one attached hydrogen (secondary N) is 2. The van der Waals surface area contributed by atoms with Crippen LogP contribution in [0.1, 0.15) is 44.2 Å². The third kappa shape index (κ3) is 5.23. The molecule has 1 aliphatic carbocycles. The van der Waals surface area contributed by atoms with Crippen LogP contribution in [0.25, 0.3) is 0 Å². The first-order valence-corrected chi connectivity index (χ1v) is 8.95. The number of benzene rings is 1. The smallest absolute Gasteiger partial charge is 0.216 e. The van der Waals surface area contributed by atoms with Crippen LogP contribution >= 0.6 is 0 Å². The van der Waals surface area contributed by atoms with Gasteiger partial charge in [-0.05, 0) is 37.3 Å². The van der Waals surface area contributed by atoms with Gasteiger partial charge in [-0.25, -0.2) is 13.1 Å². The van der Waals surface area contributed by atoms with Crippen LogP contribution < -0.4 is 10.0 Å². The summed E-state index contributed by atoms with van der Waals surface area (Å²) in [7, 11) is -3.25. The van der Waals surface area contributed by atoms with Gasteiger partial charge in [0.15, 0.2) is 0 Å². The van der Waals surface area contributed by atoms with E-state index in [4.69, 9.17) is 0 Å². The van der Waals surface area contributed by atoms with Crippen molar-refractivity contribution < 1.29 is 8.42 Å². The molecule has 0 bridgehead atoms. The van der Waals surface area contributed by atoms with Crippen molar-refractivity contribution in [3.05, 3.63) is 35.4 Å². The largest absolute Gasteiger partial charge is 0.310 e. The molecule has 5 heteroatoms. The quantitative estimate of drug-likeness (QED) is 0.773. The molecule has 2 rings (SSSR count). The molecule has 1 fully saturated rings. The van der Waals surface area contributed by atoms with Gasteiger partial charge in [-0.2, -0.15) is 0 Å². The molecule has 112 valence electrons. The summed E-state index contributed by atoms with van der Waals surface area (Å²) in [6, 6.07) is 8.46. The lowest BCUT2D eigenvalue weighted by molar-refractivity contribution is 0.555. The molecule has 0 saturated heterocycles. The lowest BCUT2D eigenvalue weighted by Gasteiger charge is -2.12. The van der Waals surface area contributed by atoms with Gasteiger partial charge in [0.05, 0.1) is 5.75 Å². The number of hydrogen-bond donors (Lipinski definition) is 2. The number of rotatable bonds is 8. The maximum Gasteiger partial charge on any atom is 0.216 e. The SMILES string of the molecule is CCC(C)NS(=O)(=O)Cc1cccc(CNC2CC2)c1. The fourth-order valence-corrected chi connectivity index (χ4v) is 3.51. The molecule has 0 amide bonds. The van der Waals surface area contributed by atoms with Gasteiger partial charge < -0.3 is 5.32 Å². The summed E-state index contributed by atoms with van der Waals surface area (Å²) in [5, 5.41) is 3.44. The summed E-state index contributed by atoms with van der Waals surface area (Å²) in [5.74, 6) is 0.0502. The fraction of sp³-hybridized carbons (Fsp3) is 0.600. The van der Waals surface area contributed by atoms with E-state index in [2.05, 4.69) is 10.0 Å². The van der Waals surface area contributed by atoms with Gasteiger partial charge in [0.1, 0.15) is 0 Å². The van der Waals surface area contributed by atoms with Gasteiger partial charge in [0.2, 0.25) is 10.0 Å². The number of sulfonamides is 1. The van der Waals surface area contributed by atoms with Crippen molar-refractivity contribution in [1.82, 2.24) is 10.0 Å². The van der Waals surface area contributed by atoms with E-state index in [-0.39, 0.29) is 11.8 Å². The first-order chi connectivity index (χ1) is 9.48. The molecular weight excluding hydrogens is 272 g/mol. The Bertz CT molecular complexity index is 539. The predicted molar refractivity (Wildman–Crippen MR) is 81.8 cm³/mol. The molecule has 0 spiro atoms. The van der Waals surface area contributed by atoms with Crippen LogP contribution in [0.2, 0.25) is 0 Å². The Hall–Kier alpha value is -0.910. The van der Waals surface area contributed by atoms with Crippen molar-refractivity contribution in [3.63, 3.8) is 0 Å². The molecule has 1 aromatic rings. The topological polar surface area (TPSA) is 58.2 Å². The summed E-state index contributed by atoms with van der Waals surface area (Å²) in [6.45, 7) is 4.67. The van der Waals surface area contributed by atoms with Crippen LogP contribution in [0.5, 0.6) is 0 Å². The van der Waals surface area contributed by atoms with Gasteiger partial charge in [-0.15, -0.1) is 0 Å². The Morgan fingerprint density at radius 1 is 1.30 bits per heavy atom. The molecule has 20 heavy (non-hydrogen) atoms. The third-order valence-electron chi connectivity index (χ3n) is 3.51. The van der Waals surface area contributed by atoms with Crippen molar-refractivity contribution >= 4 is 10.0 Å². The van der Waals surface area contributed by atoms with Crippen LogP contribution in [0.3, 0.4) is 0 Å². The molecular formula is C15H24N2O2S. The monoisotopic (exact) mass is 296 g/mol.